The van der Waals surface area contributed by atoms with Gasteiger partial charge in [-0.3, -0.25) is 0 Å². The van der Waals surface area contributed by atoms with Crippen molar-refractivity contribution in [3.05, 3.63) is 29.8 Å². The van der Waals surface area contributed by atoms with Crippen LogP contribution in [0.15, 0.2) is 29.2 Å². The molecule has 1 aliphatic carbocycles. The molecular weight excluding hydrogens is 268 g/mol. The molecule has 0 N–H and O–H groups in total. The Balaban J connectivity index is 1.76. The van der Waals surface area contributed by atoms with E-state index >= 15 is 0 Å². The van der Waals surface area contributed by atoms with Gasteiger partial charge >= 0.3 is 0 Å². The van der Waals surface area contributed by atoms with Gasteiger partial charge in [-0.05, 0) is 31.4 Å². The van der Waals surface area contributed by atoms with Gasteiger partial charge in [0.2, 0.25) is 0 Å². The van der Waals surface area contributed by atoms with Gasteiger partial charge in [0.1, 0.15) is 0 Å². The van der Waals surface area contributed by atoms with Gasteiger partial charge in [-0.25, -0.2) is 8.42 Å². The average molecular weight is 294 g/mol. The molecule has 1 aromatic rings. The van der Waals surface area contributed by atoms with E-state index in [2.05, 4.69) is 0 Å². The van der Waals surface area contributed by atoms with E-state index in [1.165, 1.54) is 38.5 Å². The molecule has 0 saturated heterocycles. The highest BCUT2D eigenvalue weighted by Crippen LogP contribution is 2.28. The highest BCUT2D eigenvalue weighted by atomic mass is 32.2. The Hall–Kier alpha value is -0.830. The fourth-order valence-corrected chi connectivity index (χ4v) is 4.43. The minimum Gasteiger partial charge on any atom is -0.224 e. The summed E-state index contributed by atoms with van der Waals surface area (Å²) in [6, 6.07) is 7.20. The monoisotopic (exact) mass is 294 g/mol. The zero-order valence-electron chi connectivity index (χ0n) is 12.5. The Kier molecular flexibility index (Phi) is 5.64. The molecule has 0 heterocycles. The van der Waals surface area contributed by atoms with Crippen molar-refractivity contribution in [1.29, 1.82) is 0 Å². The largest absolute Gasteiger partial charge is 0.224 e. The molecule has 1 saturated carbocycles. The lowest BCUT2D eigenvalue weighted by molar-refractivity contribution is 0.331. The molecule has 0 aromatic heterocycles. The maximum Gasteiger partial charge on any atom is 0.178 e. The van der Waals surface area contributed by atoms with Crippen LogP contribution in [-0.4, -0.2) is 14.2 Å². The molecule has 0 atom stereocenters. The third-order valence-electron chi connectivity index (χ3n) is 4.38. The molecule has 0 bridgehead atoms. The normalized spacial score (nSPS) is 17.2. The summed E-state index contributed by atoms with van der Waals surface area (Å²) in [5, 5.41) is 0. The van der Waals surface area contributed by atoms with Gasteiger partial charge < -0.3 is 0 Å². The van der Waals surface area contributed by atoms with Gasteiger partial charge in [-0.1, -0.05) is 62.6 Å². The molecule has 0 radical (unpaired) electrons. The molecule has 3 heteroatoms. The van der Waals surface area contributed by atoms with Crippen molar-refractivity contribution in [2.75, 3.05) is 5.75 Å². The number of benzene rings is 1. The maximum atomic E-state index is 12.2. The van der Waals surface area contributed by atoms with Gasteiger partial charge in [0.25, 0.3) is 0 Å². The smallest absolute Gasteiger partial charge is 0.178 e. The molecule has 2 rings (SSSR count). The Labute approximate surface area is 123 Å². The van der Waals surface area contributed by atoms with Crippen LogP contribution in [-0.2, 0) is 9.84 Å². The van der Waals surface area contributed by atoms with Crippen LogP contribution < -0.4 is 0 Å². The Morgan fingerprint density at radius 3 is 2.30 bits per heavy atom. The zero-order valence-corrected chi connectivity index (χ0v) is 13.3. The minimum absolute atomic E-state index is 0.294. The second kappa shape index (κ2) is 7.26. The van der Waals surface area contributed by atoms with E-state index in [0.29, 0.717) is 10.6 Å². The number of hydrogen-bond acceptors (Lipinski definition) is 2. The summed E-state index contributed by atoms with van der Waals surface area (Å²) in [6.45, 7) is 1.97. The Bertz CT molecular complexity index is 496. The molecule has 112 valence electrons. The minimum atomic E-state index is -3.08. The molecule has 1 fully saturated rings. The Morgan fingerprint density at radius 1 is 1.00 bits per heavy atom. The number of rotatable bonds is 6. The standard InChI is InChI=1S/C17H26O2S/c1-15-10-12-17(13-11-15)20(18,19)14-6-5-9-16-7-3-2-4-8-16/h10-13,16H,2-9,14H2,1H3. The van der Waals surface area contributed by atoms with Crippen LogP contribution in [0.5, 0.6) is 0 Å². The van der Waals surface area contributed by atoms with Gasteiger partial charge in [0.05, 0.1) is 10.6 Å². The number of aryl methyl sites for hydroxylation is 1. The zero-order chi connectivity index (χ0) is 14.4. The van der Waals surface area contributed by atoms with E-state index in [1.807, 2.05) is 19.1 Å². The van der Waals surface area contributed by atoms with Crippen molar-refractivity contribution in [1.82, 2.24) is 0 Å². The number of unbranched alkanes of at least 4 members (excludes halogenated alkanes) is 1. The van der Waals surface area contributed by atoms with Crippen LogP contribution in [0, 0.1) is 12.8 Å². The van der Waals surface area contributed by atoms with Gasteiger partial charge in [-0.15, -0.1) is 0 Å². The van der Waals surface area contributed by atoms with Crippen LogP contribution >= 0.6 is 0 Å². The van der Waals surface area contributed by atoms with Crippen molar-refractivity contribution in [3.8, 4) is 0 Å². The van der Waals surface area contributed by atoms with E-state index in [9.17, 15) is 8.42 Å². The number of hydrogen-bond donors (Lipinski definition) is 0. The summed E-state index contributed by atoms with van der Waals surface area (Å²) in [7, 11) is -3.08. The predicted octanol–water partition coefficient (Wildman–Crippen LogP) is 4.52. The lowest BCUT2D eigenvalue weighted by Crippen LogP contribution is -2.09. The topological polar surface area (TPSA) is 34.1 Å². The summed E-state index contributed by atoms with van der Waals surface area (Å²) >= 11 is 0. The fourth-order valence-electron chi connectivity index (χ4n) is 3.06. The molecule has 0 aliphatic heterocycles. The van der Waals surface area contributed by atoms with E-state index in [-0.39, 0.29) is 0 Å². The second-order valence-electron chi connectivity index (χ2n) is 6.13. The van der Waals surface area contributed by atoms with Crippen LogP contribution in [0.4, 0.5) is 0 Å². The van der Waals surface area contributed by atoms with Crippen molar-refractivity contribution in [3.63, 3.8) is 0 Å². The highest BCUT2D eigenvalue weighted by molar-refractivity contribution is 7.91. The average Bonchev–Trinajstić information content (AvgIpc) is 2.45. The maximum absolute atomic E-state index is 12.2. The van der Waals surface area contributed by atoms with Gasteiger partial charge in [0, 0.05) is 0 Å². The molecule has 2 nitrogen and oxygen atoms in total. The summed E-state index contributed by atoms with van der Waals surface area (Å²) in [5.41, 5.74) is 1.10. The van der Waals surface area contributed by atoms with Crippen molar-refractivity contribution in [2.24, 2.45) is 5.92 Å². The summed E-state index contributed by atoms with van der Waals surface area (Å²) in [5.74, 6) is 1.15. The molecule has 1 aliphatic rings. The molecule has 0 amide bonds. The first kappa shape index (κ1) is 15.6. The first-order valence-electron chi connectivity index (χ1n) is 7.87. The third kappa shape index (κ3) is 4.62. The summed E-state index contributed by atoms with van der Waals surface area (Å²) in [6.07, 6.45) is 9.89. The van der Waals surface area contributed by atoms with Crippen LogP contribution in [0.2, 0.25) is 0 Å². The Morgan fingerprint density at radius 2 is 1.65 bits per heavy atom. The molecule has 20 heavy (non-hydrogen) atoms. The first-order chi connectivity index (χ1) is 9.58. The molecular formula is C17H26O2S. The van der Waals surface area contributed by atoms with E-state index < -0.39 is 9.84 Å². The van der Waals surface area contributed by atoms with Crippen LogP contribution in [0.3, 0.4) is 0 Å². The predicted molar refractivity (Wildman–Crippen MR) is 83.7 cm³/mol. The lowest BCUT2D eigenvalue weighted by Gasteiger charge is -2.21. The summed E-state index contributed by atoms with van der Waals surface area (Å²) < 4.78 is 24.4. The molecule has 0 unspecified atom stereocenters. The van der Waals surface area contributed by atoms with Gasteiger partial charge in [0.15, 0.2) is 9.84 Å². The van der Waals surface area contributed by atoms with Crippen molar-refractivity contribution in [2.45, 2.75) is 63.2 Å². The summed E-state index contributed by atoms with van der Waals surface area (Å²) in [4.78, 5) is 0.473. The van der Waals surface area contributed by atoms with Crippen molar-refractivity contribution < 1.29 is 8.42 Å². The molecule has 0 spiro atoms. The third-order valence-corrected chi connectivity index (χ3v) is 6.20. The molecule has 1 aromatic carbocycles. The SMILES string of the molecule is Cc1ccc(S(=O)(=O)CCCCC2CCCCC2)cc1. The van der Waals surface area contributed by atoms with E-state index in [1.54, 1.807) is 12.1 Å². The van der Waals surface area contributed by atoms with E-state index in [4.69, 9.17) is 0 Å². The lowest BCUT2D eigenvalue weighted by atomic mass is 9.86. The first-order valence-corrected chi connectivity index (χ1v) is 9.52. The quantitative estimate of drug-likeness (QED) is 0.723. The van der Waals surface area contributed by atoms with Crippen LogP contribution in [0.1, 0.15) is 56.9 Å². The fraction of sp³-hybridized carbons (Fsp3) is 0.647. The second-order valence-corrected chi connectivity index (χ2v) is 8.24. The van der Waals surface area contributed by atoms with E-state index in [0.717, 1.165) is 24.3 Å². The van der Waals surface area contributed by atoms with Gasteiger partial charge in [-0.2, -0.15) is 0 Å². The van der Waals surface area contributed by atoms with Crippen molar-refractivity contribution >= 4 is 9.84 Å². The van der Waals surface area contributed by atoms with Crippen LogP contribution in [0.25, 0.3) is 0 Å². The highest BCUT2D eigenvalue weighted by Gasteiger charge is 2.16. The number of sulfone groups is 1.